The molecule has 0 radical (unpaired) electrons. The van der Waals surface area contributed by atoms with Gasteiger partial charge in [0.2, 0.25) is 0 Å². The van der Waals surface area contributed by atoms with Gasteiger partial charge in [-0.05, 0) is 81.7 Å². The molecule has 0 aliphatic heterocycles. The summed E-state index contributed by atoms with van der Waals surface area (Å²) in [5.41, 5.74) is 16.8. The zero-order chi connectivity index (χ0) is 38.9. The summed E-state index contributed by atoms with van der Waals surface area (Å²) in [6.45, 7) is 0. The lowest BCUT2D eigenvalue weighted by Gasteiger charge is -2.26. The third-order valence-electron chi connectivity index (χ3n) is 11.7. The molecule has 2 aromatic heterocycles. The highest BCUT2D eigenvalue weighted by Crippen LogP contribution is 2.53. The maximum Gasteiger partial charge on any atom is 0.143 e. The van der Waals surface area contributed by atoms with Gasteiger partial charge in [0.15, 0.2) is 0 Å². The topological polar surface area (TPSA) is 29.3 Å². The summed E-state index contributed by atoms with van der Waals surface area (Å²) in [6, 6.07) is 73.6. The van der Waals surface area contributed by atoms with E-state index in [4.69, 9.17) is 9.40 Å². The van der Waals surface area contributed by atoms with Crippen molar-refractivity contribution in [2.75, 3.05) is 4.90 Å². The van der Waals surface area contributed by atoms with Crippen LogP contribution in [0.5, 0.6) is 0 Å². The number of furan rings is 1. The van der Waals surface area contributed by atoms with Crippen LogP contribution in [-0.2, 0) is 0 Å². The highest BCUT2D eigenvalue weighted by molar-refractivity contribution is 7.19. The number of benzene rings is 9. The highest BCUT2D eigenvalue weighted by Gasteiger charge is 2.27. The van der Waals surface area contributed by atoms with Crippen LogP contribution < -0.4 is 4.90 Å². The van der Waals surface area contributed by atoms with Gasteiger partial charge in [-0.15, -0.1) is 11.3 Å². The zero-order valence-electron chi connectivity index (χ0n) is 31.8. The van der Waals surface area contributed by atoms with Crippen LogP contribution in [0.4, 0.5) is 17.1 Å². The van der Waals surface area contributed by atoms with Gasteiger partial charge in [0, 0.05) is 55.5 Å². The lowest BCUT2D eigenvalue weighted by molar-refractivity contribution is 0.670. The van der Waals surface area contributed by atoms with Gasteiger partial charge in [-0.25, -0.2) is 4.98 Å². The van der Waals surface area contributed by atoms with Crippen molar-refractivity contribution in [3.8, 4) is 65.6 Å². The minimum Gasteiger partial charge on any atom is -0.455 e. The molecule has 0 saturated carbocycles. The van der Waals surface area contributed by atoms with Crippen molar-refractivity contribution in [1.82, 2.24) is 4.98 Å². The molecule has 0 unspecified atom stereocenters. The van der Waals surface area contributed by atoms with E-state index in [0.29, 0.717) is 0 Å². The maximum absolute atomic E-state index is 6.38. The first-order valence-corrected chi connectivity index (χ1v) is 20.8. The highest BCUT2D eigenvalue weighted by atomic mass is 32.1. The number of nitrogens with zero attached hydrogens (tertiary/aromatic N) is 2. The van der Waals surface area contributed by atoms with Crippen LogP contribution in [-0.4, -0.2) is 4.98 Å². The number of anilines is 3. The predicted octanol–water partition coefficient (Wildman–Crippen LogP) is 16.0. The number of rotatable bonds is 7. The van der Waals surface area contributed by atoms with E-state index in [1.54, 1.807) is 11.3 Å². The smallest absolute Gasteiger partial charge is 0.143 e. The minimum absolute atomic E-state index is 0.909. The van der Waals surface area contributed by atoms with Crippen LogP contribution in [0.3, 0.4) is 0 Å². The van der Waals surface area contributed by atoms with E-state index in [2.05, 4.69) is 199 Å². The van der Waals surface area contributed by atoms with E-state index >= 15 is 0 Å². The Morgan fingerprint density at radius 3 is 1.75 bits per heavy atom. The number of aromatic nitrogens is 1. The third-order valence-corrected chi connectivity index (χ3v) is 12.8. The van der Waals surface area contributed by atoms with Crippen molar-refractivity contribution < 1.29 is 4.42 Å². The summed E-state index contributed by atoms with van der Waals surface area (Å²) in [5, 5.41) is 5.87. The first kappa shape index (κ1) is 33.6. The lowest BCUT2D eigenvalue weighted by atomic mass is 9.94. The van der Waals surface area contributed by atoms with Crippen LogP contribution in [0, 0.1) is 0 Å². The van der Waals surface area contributed by atoms with Crippen LogP contribution in [0.15, 0.2) is 211 Å². The Hall–Kier alpha value is -7.53. The normalized spacial score (nSPS) is 11.7. The van der Waals surface area contributed by atoms with Crippen molar-refractivity contribution in [2.24, 2.45) is 0 Å². The van der Waals surface area contributed by atoms with Gasteiger partial charge in [-0.1, -0.05) is 158 Å². The van der Waals surface area contributed by atoms with Gasteiger partial charge in [0.1, 0.15) is 16.2 Å². The number of para-hydroxylation sites is 3. The fourth-order valence-corrected chi connectivity index (χ4v) is 10.0. The van der Waals surface area contributed by atoms with E-state index in [1.165, 1.54) is 49.0 Å². The summed E-state index contributed by atoms with van der Waals surface area (Å²) >= 11 is 1.79. The average molecular weight is 771 g/mol. The van der Waals surface area contributed by atoms with Crippen LogP contribution in [0.1, 0.15) is 0 Å². The molecule has 0 atom stereocenters. The molecule has 0 N–H and O–H groups in total. The fraction of sp³-hybridized carbons (Fsp3) is 0. The number of thiazole rings is 1. The molecule has 0 saturated heterocycles. The largest absolute Gasteiger partial charge is 0.455 e. The molecule has 12 rings (SSSR count). The fourth-order valence-electron chi connectivity index (χ4n) is 8.89. The first-order valence-electron chi connectivity index (χ1n) is 19.9. The summed E-state index contributed by atoms with van der Waals surface area (Å²) in [7, 11) is 0. The van der Waals surface area contributed by atoms with Gasteiger partial charge in [-0.3, -0.25) is 0 Å². The number of hydrogen-bond acceptors (Lipinski definition) is 4. The second-order valence-electron chi connectivity index (χ2n) is 15.1. The molecule has 11 aromatic rings. The molecular formula is C55H34N2OS. The van der Waals surface area contributed by atoms with E-state index in [0.717, 1.165) is 66.4 Å². The quantitative estimate of drug-likeness (QED) is 0.162. The Balaban J connectivity index is 0.878. The lowest BCUT2D eigenvalue weighted by Crippen LogP contribution is -2.09. The summed E-state index contributed by atoms with van der Waals surface area (Å²) in [6.07, 6.45) is 0. The molecule has 9 aromatic carbocycles. The SMILES string of the molecule is c1ccc(-c2cccc(-c3nc4c(s3)-c3cccc5c(-c6ccc(N(c7ccccc7)c7ccc(-c8cccc9c8oc8ccccc89)cc7)cc6)ccc-4c35)c2)cc1. The second kappa shape index (κ2) is 13.6. The molecule has 1 aliphatic carbocycles. The molecular weight excluding hydrogens is 737 g/mol. The Kier molecular flexibility index (Phi) is 7.72. The molecule has 59 heavy (non-hydrogen) atoms. The Morgan fingerprint density at radius 1 is 0.390 bits per heavy atom. The monoisotopic (exact) mass is 770 g/mol. The first-order chi connectivity index (χ1) is 29.2. The van der Waals surface area contributed by atoms with E-state index in [1.807, 2.05) is 12.1 Å². The number of hydrogen-bond donors (Lipinski definition) is 0. The van der Waals surface area contributed by atoms with Gasteiger partial charge in [0.25, 0.3) is 0 Å². The molecule has 3 nitrogen and oxygen atoms in total. The van der Waals surface area contributed by atoms with Gasteiger partial charge in [0.05, 0.1) is 10.6 Å². The van der Waals surface area contributed by atoms with E-state index < -0.39 is 0 Å². The molecule has 0 amide bonds. The van der Waals surface area contributed by atoms with E-state index in [-0.39, 0.29) is 0 Å². The predicted molar refractivity (Wildman–Crippen MR) is 248 cm³/mol. The van der Waals surface area contributed by atoms with Crippen molar-refractivity contribution in [2.45, 2.75) is 0 Å². The van der Waals surface area contributed by atoms with E-state index in [9.17, 15) is 0 Å². The molecule has 4 heteroatoms. The Bertz CT molecular complexity index is 3340. The van der Waals surface area contributed by atoms with Crippen molar-refractivity contribution in [1.29, 1.82) is 0 Å². The van der Waals surface area contributed by atoms with Crippen molar-refractivity contribution in [3.05, 3.63) is 206 Å². The van der Waals surface area contributed by atoms with Crippen molar-refractivity contribution >= 4 is 61.1 Å². The molecule has 0 fully saturated rings. The van der Waals surface area contributed by atoms with Gasteiger partial charge < -0.3 is 9.32 Å². The van der Waals surface area contributed by atoms with Gasteiger partial charge in [-0.2, -0.15) is 0 Å². The maximum atomic E-state index is 6.38. The number of fused-ring (bicyclic) bond motifs is 6. The Labute approximate surface area is 345 Å². The standard InChI is InChI=1S/C55H34N2OS/c1-3-12-35(13-4-1)38-14-9-15-39(34-38)55-56-52-48-33-32-43(46-20-11-22-49(51(46)48)54(52)59-55)36-24-28-41(29-25-36)57(40-16-5-2-6-17-40)42-30-26-37(27-31-42)44-19-10-21-47-45-18-7-8-23-50(45)58-53(44)47/h1-34H. The van der Waals surface area contributed by atoms with Crippen LogP contribution in [0.2, 0.25) is 0 Å². The van der Waals surface area contributed by atoms with Crippen molar-refractivity contribution in [3.63, 3.8) is 0 Å². The van der Waals surface area contributed by atoms with Crippen LogP contribution >= 0.6 is 11.3 Å². The molecule has 0 bridgehead atoms. The molecule has 276 valence electrons. The summed E-state index contributed by atoms with van der Waals surface area (Å²) in [5.74, 6) is 0. The zero-order valence-corrected chi connectivity index (χ0v) is 32.7. The molecule has 0 spiro atoms. The summed E-state index contributed by atoms with van der Waals surface area (Å²) in [4.78, 5) is 8.85. The average Bonchev–Trinajstić information content (AvgIpc) is 4.00. The molecule has 1 aliphatic rings. The van der Waals surface area contributed by atoms with Crippen LogP contribution in [0.25, 0.3) is 98.4 Å². The summed E-state index contributed by atoms with van der Waals surface area (Å²) < 4.78 is 6.38. The second-order valence-corrected chi connectivity index (χ2v) is 16.1. The molecule has 2 heterocycles. The Morgan fingerprint density at radius 2 is 0.966 bits per heavy atom. The van der Waals surface area contributed by atoms with Gasteiger partial charge >= 0.3 is 0 Å². The third kappa shape index (κ3) is 5.53. The minimum atomic E-state index is 0.909.